The van der Waals surface area contributed by atoms with Crippen molar-refractivity contribution in [1.29, 1.82) is 0 Å². The zero-order valence-corrected chi connectivity index (χ0v) is 13.0. The molecule has 0 fully saturated rings. The maximum absolute atomic E-state index is 12.6. The van der Waals surface area contributed by atoms with Crippen molar-refractivity contribution in [2.24, 2.45) is 0 Å². The molecule has 1 aromatic heterocycles. The summed E-state index contributed by atoms with van der Waals surface area (Å²) in [6.45, 7) is 1.47. The van der Waals surface area contributed by atoms with Crippen LogP contribution in [-0.2, 0) is 11.8 Å². The topological polar surface area (TPSA) is 61.4 Å². The molecule has 1 unspecified atom stereocenters. The first-order valence-corrected chi connectivity index (χ1v) is 7.55. The van der Waals surface area contributed by atoms with E-state index in [0.717, 1.165) is 12.1 Å². The number of hydrogen-bond donors (Lipinski definition) is 3. The summed E-state index contributed by atoms with van der Waals surface area (Å²) >= 11 is 1.34. The molecule has 0 bridgehead atoms. The molecule has 23 heavy (non-hydrogen) atoms. The summed E-state index contributed by atoms with van der Waals surface area (Å²) in [5.41, 5.74) is -2.08. The SMILES string of the molecule is CC(O)(CNC(=O)Nc1cccc(C(F)(F)F)c1)c1cccs1. The van der Waals surface area contributed by atoms with Gasteiger partial charge in [0.2, 0.25) is 0 Å². The fourth-order valence-corrected chi connectivity index (χ4v) is 2.66. The number of halogens is 3. The summed E-state index contributed by atoms with van der Waals surface area (Å²) in [7, 11) is 0. The number of alkyl halides is 3. The van der Waals surface area contributed by atoms with Gasteiger partial charge >= 0.3 is 12.2 Å². The van der Waals surface area contributed by atoms with Gasteiger partial charge in [0.15, 0.2) is 0 Å². The number of hydrogen-bond acceptors (Lipinski definition) is 3. The minimum Gasteiger partial charge on any atom is -0.383 e. The van der Waals surface area contributed by atoms with E-state index in [2.05, 4.69) is 10.6 Å². The standard InChI is InChI=1S/C15H15F3N2O2S/c1-14(22,12-6-3-7-23-12)9-19-13(21)20-11-5-2-4-10(8-11)15(16,17)18/h2-8,22H,9H2,1H3,(H2,19,20,21). The Kier molecular flexibility index (Phi) is 4.96. The van der Waals surface area contributed by atoms with Crippen LogP contribution in [-0.4, -0.2) is 17.7 Å². The summed E-state index contributed by atoms with van der Waals surface area (Å²) in [5, 5.41) is 16.8. The van der Waals surface area contributed by atoms with Gasteiger partial charge in [0, 0.05) is 10.6 Å². The Morgan fingerprint density at radius 3 is 2.61 bits per heavy atom. The number of thiophene rings is 1. The van der Waals surface area contributed by atoms with Gasteiger partial charge in [-0.2, -0.15) is 13.2 Å². The number of amides is 2. The van der Waals surface area contributed by atoms with Gasteiger partial charge in [0.05, 0.1) is 12.1 Å². The maximum atomic E-state index is 12.6. The summed E-state index contributed by atoms with van der Waals surface area (Å²) in [4.78, 5) is 12.5. The maximum Gasteiger partial charge on any atom is 0.416 e. The largest absolute Gasteiger partial charge is 0.416 e. The zero-order valence-electron chi connectivity index (χ0n) is 12.1. The van der Waals surface area contributed by atoms with E-state index in [1.54, 1.807) is 24.4 Å². The molecule has 8 heteroatoms. The highest BCUT2D eigenvalue weighted by molar-refractivity contribution is 7.10. The number of benzene rings is 1. The Bertz CT molecular complexity index is 670. The molecule has 4 nitrogen and oxygen atoms in total. The van der Waals surface area contributed by atoms with Gasteiger partial charge in [-0.05, 0) is 36.6 Å². The van der Waals surface area contributed by atoms with E-state index in [1.165, 1.54) is 23.5 Å². The minimum absolute atomic E-state index is 0.0214. The molecule has 0 radical (unpaired) electrons. The molecule has 1 atom stereocenters. The van der Waals surface area contributed by atoms with E-state index in [-0.39, 0.29) is 12.2 Å². The van der Waals surface area contributed by atoms with E-state index < -0.39 is 23.4 Å². The average molecular weight is 344 g/mol. The van der Waals surface area contributed by atoms with E-state index in [9.17, 15) is 23.1 Å². The Balaban J connectivity index is 1.95. The third kappa shape index (κ3) is 4.70. The lowest BCUT2D eigenvalue weighted by atomic mass is 10.1. The predicted molar refractivity (Wildman–Crippen MR) is 82.4 cm³/mol. The van der Waals surface area contributed by atoms with Crippen LogP contribution in [0.5, 0.6) is 0 Å². The summed E-state index contributed by atoms with van der Waals surface area (Å²) in [6.07, 6.45) is -4.48. The molecule has 2 amide bonds. The lowest BCUT2D eigenvalue weighted by Gasteiger charge is -2.22. The third-order valence-electron chi connectivity index (χ3n) is 3.09. The molecular weight excluding hydrogens is 329 g/mol. The molecule has 2 aromatic rings. The van der Waals surface area contributed by atoms with Gasteiger partial charge in [0.1, 0.15) is 5.60 Å². The van der Waals surface area contributed by atoms with Crippen LogP contribution in [0.4, 0.5) is 23.7 Å². The molecule has 0 saturated carbocycles. The quantitative estimate of drug-likeness (QED) is 0.790. The molecular formula is C15H15F3N2O2S. The predicted octanol–water partition coefficient (Wildman–Crippen LogP) is 3.80. The Labute approximate surface area is 135 Å². The zero-order chi connectivity index (χ0) is 17.1. The average Bonchev–Trinajstić information content (AvgIpc) is 3.00. The molecule has 2 rings (SSSR count). The molecule has 1 aromatic carbocycles. The monoisotopic (exact) mass is 344 g/mol. The van der Waals surface area contributed by atoms with Crippen LogP contribution < -0.4 is 10.6 Å². The van der Waals surface area contributed by atoms with E-state index >= 15 is 0 Å². The van der Waals surface area contributed by atoms with Crippen LogP contribution in [0.3, 0.4) is 0 Å². The first-order chi connectivity index (χ1) is 10.7. The number of anilines is 1. The second kappa shape index (κ2) is 6.59. The van der Waals surface area contributed by atoms with Gasteiger partial charge in [0.25, 0.3) is 0 Å². The van der Waals surface area contributed by atoms with Crippen LogP contribution in [0, 0.1) is 0 Å². The molecule has 3 N–H and O–H groups in total. The smallest absolute Gasteiger partial charge is 0.383 e. The first kappa shape index (κ1) is 17.3. The molecule has 0 spiro atoms. The lowest BCUT2D eigenvalue weighted by Crippen LogP contribution is -2.40. The van der Waals surface area contributed by atoms with Crippen molar-refractivity contribution in [2.45, 2.75) is 18.7 Å². The molecule has 0 saturated heterocycles. The highest BCUT2D eigenvalue weighted by Gasteiger charge is 2.30. The van der Waals surface area contributed by atoms with Crippen molar-refractivity contribution in [3.63, 3.8) is 0 Å². The van der Waals surface area contributed by atoms with Crippen LogP contribution >= 0.6 is 11.3 Å². The minimum atomic E-state index is -4.48. The number of aliphatic hydroxyl groups is 1. The molecule has 0 aliphatic carbocycles. The number of carbonyl (C=O) groups excluding carboxylic acids is 1. The van der Waals surface area contributed by atoms with Crippen LogP contribution in [0.2, 0.25) is 0 Å². The highest BCUT2D eigenvalue weighted by atomic mass is 32.1. The molecule has 124 valence electrons. The Morgan fingerprint density at radius 1 is 1.26 bits per heavy atom. The van der Waals surface area contributed by atoms with E-state index in [0.29, 0.717) is 4.88 Å². The fourth-order valence-electron chi connectivity index (χ4n) is 1.87. The Morgan fingerprint density at radius 2 is 2.00 bits per heavy atom. The van der Waals surface area contributed by atoms with Crippen LogP contribution in [0.15, 0.2) is 41.8 Å². The summed E-state index contributed by atoms with van der Waals surface area (Å²) < 4.78 is 37.8. The second-order valence-electron chi connectivity index (χ2n) is 5.14. The number of nitrogens with one attached hydrogen (secondary N) is 2. The fraction of sp³-hybridized carbons (Fsp3) is 0.267. The van der Waals surface area contributed by atoms with Crippen molar-refractivity contribution in [3.05, 3.63) is 52.2 Å². The molecule has 0 aliphatic heterocycles. The van der Waals surface area contributed by atoms with Crippen molar-refractivity contribution in [3.8, 4) is 0 Å². The third-order valence-corrected chi connectivity index (χ3v) is 4.22. The van der Waals surface area contributed by atoms with Gasteiger partial charge in [-0.25, -0.2) is 4.79 Å². The first-order valence-electron chi connectivity index (χ1n) is 6.67. The van der Waals surface area contributed by atoms with Gasteiger partial charge in [-0.3, -0.25) is 0 Å². The number of urea groups is 1. The number of carbonyl (C=O) groups is 1. The van der Waals surface area contributed by atoms with Crippen molar-refractivity contribution >= 4 is 23.1 Å². The van der Waals surface area contributed by atoms with Crippen molar-refractivity contribution < 1.29 is 23.1 Å². The summed E-state index contributed by atoms with van der Waals surface area (Å²) in [5.74, 6) is 0. The molecule has 0 aliphatic rings. The lowest BCUT2D eigenvalue weighted by molar-refractivity contribution is -0.137. The van der Waals surface area contributed by atoms with Gasteiger partial charge < -0.3 is 15.7 Å². The van der Waals surface area contributed by atoms with E-state index in [1.807, 2.05) is 0 Å². The summed E-state index contributed by atoms with van der Waals surface area (Å²) in [6, 6.07) is 7.14. The van der Waals surface area contributed by atoms with Crippen molar-refractivity contribution in [1.82, 2.24) is 5.32 Å². The van der Waals surface area contributed by atoms with Crippen LogP contribution in [0.1, 0.15) is 17.4 Å². The number of rotatable bonds is 4. The van der Waals surface area contributed by atoms with Gasteiger partial charge in [-0.15, -0.1) is 11.3 Å². The normalized spacial score (nSPS) is 14.1. The highest BCUT2D eigenvalue weighted by Crippen LogP contribution is 2.30. The van der Waals surface area contributed by atoms with Crippen molar-refractivity contribution in [2.75, 3.05) is 11.9 Å². The second-order valence-corrected chi connectivity index (χ2v) is 6.09. The van der Waals surface area contributed by atoms with Crippen LogP contribution in [0.25, 0.3) is 0 Å². The van der Waals surface area contributed by atoms with E-state index in [4.69, 9.17) is 0 Å². The Hall–Kier alpha value is -2.06. The molecule has 1 heterocycles. The van der Waals surface area contributed by atoms with Gasteiger partial charge in [-0.1, -0.05) is 12.1 Å².